The smallest absolute Gasteiger partial charge is 0.328 e. The molecular formula is C13H18N2O3. The maximum Gasteiger partial charge on any atom is 0.328 e. The van der Waals surface area contributed by atoms with Gasteiger partial charge in [-0.05, 0) is 25.7 Å². The standard InChI is InChI=1S/C13H18N2O3/c16-11-4-8-14-12(17)15(11)9-10-3-7-13(18-10)5-1-2-6-13/h4,8,10H,1-3,5-7,9H2,(H,14,17). The highest BCUT2D eigenvalue weighted by molar-refractivity contribution is 4.93. The van der Waals surface area contributed by atoms with E-state index in [0.717, 1.165) is 25.7 Å². The molecule has 3 rings (SSSR count). The van der Waals surface area contributed by atoms with Gasteiger partial charge >= 0.3 is 5.69 Å². The van der Waals surface area contributed by atoms with E-state index in [2.05, 4.69) is 4.98 Å². The Morgan fingerprint density at radius 1 is 1.33 bits per heavy atom. The summed E-state index contributed by atoms with van der Waals surface area (Å²) in [6, 6.07) is 1.38. The van der Waals surface area contributed by atoms with Crippen LogP contribution in [0.5, 0.6) is 0 Å². The van der Waals surface area contributed by atoms with Crippen molar-refractivity contribution in [3.8, 4) is 0 Å². The molecule has 0 radical (unpaired) electrons. The first-order valence-electron chi connectivity index (χ1n) is 6.65. The molecule has 5 heteroatoms. The molecule has 1 unspecified atom stereocenters. The summed E-state index contributed by atoms with van der Waals surface area (Å²) in [6.45, 7) is 0.372. The van der Waals surface area contributed by atoms with Crippen molar-refractivity contribution in [1.82, 2.24) is 9.55 Å². The van der Waals surface area contributed by atoms with Crippen molar-refractivity contribution in [3.63, 3.8) is 0 Å². The SMILES string of the molecule is O=c1cc[nH]c(=O)n1CC1CCC2(CCCC2)O1. The molecule has 1 aromatic heterocycles. The normalized spacial score (nSPS) is 25.9. The summed E-state index contributed by atoms with van der Waals surface area (Å²) in [6.07, 6.45) is 8.13. The van der Waals surface area contributed by atoms with Crippen molar-refractivity contribution in [2.75, 3.05) is 0 Å². The van der Waals surface area contributed by atoms with Crippen LogP contribution in [0.15, 0.2) is 21.9 Å². The van der Waals surface area contributed by atoms with Crippen molar-refractivity contribution in [3.05, 3.63) is 33.1 Å². The van der Waals surface area contributed by atoms with Crippen molar-refractivity contribution < 1.29 is 4.74 Å². The first kappa shape index (κ1) is 11.7. The van der Waals surface area contributed by atoms with Gasteiger partial charge in [-0.1, -0.05) is 12.8 Å². The van der Waals surface area contributed by atoms with Crippen LogP contribution >= 0.6 is 0 Å². The Morgan fingerprint density at radius 3 is 2.83 bits per heavy atom. The van der Waals surface area contributed by atoms with Gasteiger partial charge in [0.1, 0.15) is 0 Å². The number of nitrogens with one attached hydrogen (secondary N) is 1. The fraction of sp³-hybridized carbons (Fsp3) is 0.692. The lowest BCUT2D eigenvalue weighted by Crippen LogP contribution is -2.38. The van der Waals surface area contributed by atoms with Gasteiger partial charge in [-0.25, -0.2) is 4.79 Å². The van der Waals surface area contributed by atoms with Crippen molar-refractivity contribution in [1.29, 1.82) is 0 Å². The van der Waals surface area contributed by atoms with Crippen molar-refractivity contribution >= 4 is 0 Å². The minimum absolute atomic E-state index is 0.00398. The molecule has 1 aliphatic carbocycles. The summed E-state index contributed by atoms with van der Waals surface area (Å²) in [7, 11) is 0. The van der Waals surface area contributed by atoms with Crippen LogP contribution < -0.4 is 11.2 Å². The zero-order chi connectivity index (χ0) is 12.6. The Morgan fingerprint density at radius 2 is 2.11 bits per heavy atom. The molecule has 1 N–H and O–H groups in total. The molecule has 1 saturated heterocycles. The predicted octanol–water partition coefficient (Wildman–Crippen LogP) is 1.03. The average Bonchev–Trinajstić information content (AvgIpc) is 2.96. The van der Waals surface area contributed by atoms with E-state index in [1.165, 1.54) is 29.7 Å². The van der Waals surface area contributed by atoms with Gasteiger partial charge in [-0.3, -0.25) is 9.36 Å². The number of hydrogen-bond acceptors (Lipinski definition) is 3. The fourth-order valence-electron chi connectivity index (χ4n) is 3.24. The molecule has 5 nitrogen and oxygen atoms in total. The van der Waals surface area contributed by atoms with E-state index in [9.17, 15) is 9.59 Å². The third kappa shape index (κ3) is 2.03. The Kier molecular flexibility index (Phi) is 2.86. The fourth-order valence-corrected chi connectivity index (χ4v) is 3.24. The molecule has 1 spiro atoms. The minimum atomic E-state index is -0.349. The van der Waals surface area contributed by atoms with E-state index in [0.29, 0.717) is 6.54 Å². The van der Waals surface area contributed by atoms with E-state index in [-0.39, 0.29) is 23.0 Å². The maximum absolute atomic E-state index is 11.6. The minimum Gasteiger partial charge on any atom is -0.370 e. The van der Waals surface area contributed by atoms with Crippen LogP contribution in [0.25, 0.3) is 0 Å². The second kappa shape index (κ2) is 4.39. The van der Waals surface area contributed by atoms with Crippen molar-refractivity contribution in [2.45, 2.75) is 56.8 Å². The zero-order valence-corrected chi connectivity index (χ0v) is 10.4. The summed E-state index contributed by atoms with van der Waals surface area (Å²) in [5.41, 5.74) is -0.552. The second-order valence-corrected chi connectivity index (χ2v) is 5.40. The van der Waals surface area contributed by atoms with Gasteiger partial charge in [-0.2, -0.15) is 0 Å². The molecule has 2 aliphatic rings. The number of ether oxygens (including phenoxy) is 1. The van der Waals surface area contributed by atoms with Crippen LogP contribution in [-0.2, 0) is 11.3 Å². The van der Waals surface area contributed by atoms with Gasteiger partial charge in [0, 0.05) is 12.3 Å². The van der Waals surface area contributed by atoms with Gasteiger partial charge in [0.25, 0.3) is 5.56 Å². The summed E-state index contributed by atoms with van der Waals surface area (Å²) in [5.74, 6) is 0. The zero-order valence-electron chi connectivity index (χ0n) is 10.4. The van der Waals surface area contributed by atoms with E-state index >= 15 is 0 Å². The topological polar surface area (TPSA) is 64.1 Å². The monoisotopic (exact) mass is 250 g/mol. The van der Waals surface area contributed by atoms with E-state index in [4.69, 9.17) is 4.74 Å². The highest BCUT2D eigenvalue weighted by Crippen LogP contribution is 2.43. The Hall–Kier alpha value is -1.36. The molecule has 0 amide bonds. The molecule has 1 atom stereocenters. The van der Waals surface area contributed by atoms with E-state index in [1.54, 1.807) is 0 Å². The van der Waals surface area contributed by atoms with Gasteiger partial charge in [-0.15, -0.1) is 0 Å². The van der Waals surface area contributed by atoms with Gasteiger partial charge < -0.3 is 9.72 Å². The quantitative estimate of drug-likeness (QED) is 0.852. The van der Waals surface area contributed by atoms with Crippen LogP contribution in [-0.4, -0.2) is 21.3 Å². The molecule has 1 aliphatic heterocycles. The van der Waals surface area contributed by atoms with Gasteiger partial charge in [0.15, 0.2) is 0 Å². The van der Waals surface area contributed by atoms with E-state index < -0.39 is 0 Å². The summed E-state index contributed by atoms with van der Waals surface area (Å²) in [5, 5.41) is 0. The second-order valence-electron chi connectivity index (χ2n) is 5.40. The molecule has 2 fully saturated rings. The Bertz CT molecular complexity index is 511. The molecule has 1 aromatic rings. The van der Waals surface area contributed by atoms with Crippen LogP contribution in [0.3, 0.4) is 0 Å². The van der Waals surface area contributed by atoms with E-state index in [1.807, 2.05) is 0 Å². The summed E-state index contributed by atoms with van der Waals surface area (Å²) in [4.78, 5) is 25.7. The lowest BCUT2D eigenvalue weighted by molar-refractivity contribution is -0.0425. The highest BCUT2D eigenvalue weighted by Gasteiger charge is 2.42. The lowest BCUT2D eigenvalue weighted by atomic mass is 9.98. The molecule has 0 aromatic carbocycles. The van der Waals surface area contributed by atoms with Crippen LogP contribution in [0.1, 0.15) is 38.5 Å². The molecule has 18 heavy (non-hydrogen) atoms. The average molecular weight is 250 g/mol. The summed E-state index contributed by atoms with van der Waals surface area (Å²) >= 11 is 0. The maximum atomic E-state index is 11.6. The van der Waals surface area contributed by atoms with Crippen LogP contribution in [0.2, 0.25) is 0 Å². The number of hydrogen-bond donors (Lipinski definition) is 1. The number of nitrogens with zero attached hydrogens (tertiary/aromatic N) is 1. The highest BCUT2D eigenvalue weighted by atomic mass is 16.5. The molecule has 98 valence electrons. The first-order chi connectivity index (χ1) is 8.69. The molecule has 0 bridgehead atoms. The van der Waals surface area contributed by atoms with Crippen molar-refractivity contribution in [2.24, 2.45) is 0 Å². The Balaban J connectivity index is 1.75. The number of rotatable bonds is 2. The number of aromatic nitrogens is 2. The number of H-pyrrole nitrogens is 1. The number of aromatic amines is 1. The third-order valence-electron chi connectivity index (χ3n) is 4.18. The first-order valence-corrected chi connectivity index (χ1v) is 6.65. The summed E-state index contributed by atoms with van der Waals surface area (Å²) < 4.78 is 7.35. The molecule has 1 saturated carbocycles. The third-order valence-corrected chi connectivity index (χ3v) is 4.18. The van der Waals surface area contributed by atoms with Crippen LogP contribution in [0, 0.1) is 0 Å². The lowest BCUT2D eigenvalue weighted by Gasteiger charge is -2.23. The van der Waals surface area contributed by atoms with Gasteiger partial charge in [0.05, 0.1) is 18.2 Å². The largest absolute Gasteiger partial charge is 0.370 e. The molecule has 2 heterocycles. The van der Waals surface area contributed by atoms with Crippen LogP contribution in [0.4, 0.5) is 0 Å². The predicted molar refractivity (Wildman–Crippen MR) is 66.6 cm³/mol. The van der Waals surface area contributed by atoms with Gasteiger partial charge in [0.2, 0.25) is 0 Å². The Labute approximate surface area is 105 Å². The molecular weight excluding hydrogens is 232 g/mol.